The van der Waals surface area contributed by atoms with Crippen molar-refractivity contribution in [2.45, 2.75) is 63.7 Å². The number of nitrogens with two attached hydrogens (primary N) is 2. The van der Waals surface area contributed by atoms with Crippen molar-refractivity contribution in [1.29, 1.82) is 0 Å². The summed E-state index contributed by atoms with van der Waals surface area (Å²) in [7, 11) is 0. The molecule has 222 valence electrons. The lowest BCUT2D eigenvalue weighted by Crippen LogP contribution is -2.58. The summed E-state index contributed by atoms with van der Waals surface area (Å²) in [5.74, 6) is -4.64. The Labute approximate surface area is 237 Å². The Morgan fingerprint density at radius 3 is 1.61 bits per heavy atom. The quantitative estimate of drug-likeness (QED) is 0.140. The number of carbonyl (C=O) groups excluding carboxylic acids is 4. The van der Waals surface area contributed by atoms with Crippen LogP contribution in [0.1, 0.15) is 37.8 Å². The molecule has 0 fully saturated rings. The summed E-state index contributed by atoms with van der Waals surface area (Å²) in [5.41, 5.74) is 12.5. The zero-order valence-electron chi connectivity index (χ0n) is 22.9. The van der Waals surface area contributed by atoms with E-state index in [0.29, 0.717) is 11.1 Å². The van der Waals surface area contributed by atoms with Crippen LogP contribution in [0.5, 0.6) is 11.5 Å². The van der Waals surface area contributed by atoms with Gasteiger partial charge in [0.2, 0.25) is 23.6 Å². The first-order valence-electron chi connectivity index (χ1n) is 13.0. The van der Waals surface area contributed by atoms with E-state index in [1.807, 2.05) is 0 Å². The van der Waals surface area contributed by atoms with Crippen LogP contribution in [-0.4, -0.2) is 69.1 Å². The van der Waals surface area contributed by atoms with Gasteiger partial charge in [-0.15, -0.1) is 0 Å². The van der Waals surface area contributed by atoms with E-state index in [0.717, 1.165) is 0 Å². The van der Waals surface area contributed by atoms with Crippen molar-refractivity contribution in [1.82, 2.24) is 16.0 Å². The maximum atomic E-state index is 13.1. The first-order valence-corrected chi connectivity index (χ1v) is 13.0. The van der Waals surface area contributed by atoms with Crippen molar-refractivity contribution < 1.29 is 39.3 Å². The molecular formula is C28H37N5O8. The topological polar surface area (TPSA) is 234 Å². The minimum Gasteiger partial charge on any atom is -0.508 e. The van der Waals surface area contributed by atoms with Gasteiger partial charge in [-0.2, -0.15) is 0 Å². The number of primary amides is 1. The molecule has 2 rings (SSSR count). The highest BCUT2D eigenvalue weighted by Gasteiger charge is 2.31. The average molecular weight is 572 g/mol. The van der Waals surface area contributed by atoms with E-state index in [1.54, 1.807) is 26.0 Å². The molecule has 0 saturated heterocycles. The van der Waals surface area contributed by atoms with Gasteiger partial charge >= 0.3 is 5.97 Å². The van der Waals surface area contributed by atoms with Crippen LogP contribution in [-0.2, 0) is 36.8 Å². The highest BCUT2D eigenvalue weighted by molar-refractivity contribution is 5.96. The van der Waals surface area contributed by atoms with E-state index in [4.69, 9.17) is 11.5 Å². The summed E-state index contributed by atoms with van der Waals surface area (Å²) in [6, 6.07) is 6.78. The van der Waals surface area contributed by atoms with E-state index >= 15 is 0 Å². The number of phenolic OH excluding ortho intramolecular Hbond substituents is 2. The number of aromatic hydroxyl groups is 2. The number of benzene rings is 2. The molecule has 4 atom stereocenters. The second kappa shape index (κ2) is 15.2. The Morgan fingerprint density at radius 1 is 0.707 bits per heavy atom. The number of carbonyl (C=O) groups is 5. The van der Waals surface area contributed by atoms with Gasteiger partial charge in [0.1, 0.15) is 29.6 Å². The molecule has 0 heterocycles. The predicted molar refractivity (Wildman–Crippen MR) is 148 cm³/mol. The molecule has 2 aromatic carbocycles. The van der Waals surface area contributed by atoms with Gasteiger partial charge in [-0.05, 0) is 54.2 Å². The highest BCUT2D eigenvalue weighted by atomic mass is 16.4. The summed E-state index contributed by atoms with van der Waals surface area (Å²) in [6.07, 6.45) is -0.450. The number of nitrogens with one attached hydrogen (secondary N) is 3. The fraction of sp³-hybridized carbons (Fsp3) is 0.393. The number of amides is 4. The molecule has 41 heavy (non-hydrogen) atoms. The molecule has 0 saturated carbocycles. The minimum absolute atomic E-state index is 0.00304. The second-order valence-corrected chi connectivity index (χ2v) is 10.2. The molecule has 0 radical (unpaired) electrons. The van der Waals surface area contributed by atoms with Gasteiger partial charge in [0.25, 0.3) is 0 Å². The van der Waals surface area contributed by atoms with Crippen LogP contribution in [0.2, 0.25) is 0 Å². The first-order chi connectivity index (χ1) is 19.2. The Balaban J connectivity index is 2.13. The van der Waals surface area contributed by atoms with Crippen LogP contribution in [0, 0.1) is 5.92 Å². The molecule has 0 aromatic heterocycles. The lowest BCUT2D eigenvalue weighted by atomic mass is 10.0. The zero-order valence-corrected chi connectivity index (χ0v) is 22.9. The van der Waals surface area contributed by atoms with Gasteiger partial charge in [0.15, 0.2) is 0 Å². The third-order valence-electron chi connectivity index (χ3n) is 6.10. The number of carboxylic acids is 1. The standard InChI is InChI=1S/C28H37N5O8/c1-15(2)11-21(26(38)33-23(28(40)41)13-17-5-9-19(35)10-6-17)32-27(39)22(14-24(30)36)31-25(37)20(29)12-16-3-7-18(34)8-4-16/h3-10,15,20-23,34-35H,11-14,29H2,1-2H3,(H2,30,36)(H,31,37)(H,32,39)(H,33,38)(H,40,41). The number of hydrogen-bond acceptors (Lipinski definition) is 8. The maximum absolute atomic E-state index is 13.1. The van der Waals surface area contributed by atoms with E-state index in [9.17, 15) is 39.3 Å². The number of rotatable bonds is 15. The molecule has 2 aromatic rings. The fourth-order valence-electron chi connectivity index (χ4n) is 3.98. The Kier molecular flexibility index (Phi) is 12.1. The largest absolute Gasteiger partial charge is 0.508 e. The van der Waals surface area contributed by atoms with Crippen LogP contribution >= 0.6 is 0 Å². The highest BCUT2D eigenvalue weighted by Crippen LogP contribution is 2.13. The van der Waals surface area contributed by atoms with Crippen LogP contribution in [0.15, 0.2) is 48.5 Å². The lowest BCUT2D eigenvalue weighted by molar-refractivity contribution is -0.142. The molecule has 4 amide bonds. The van der Waals surface area contributed by atoms with Crippen molar-refractivity contribution in [2.24, 2.45) is 17.4 Å². The van der Waals surface area contributed by atoms with E-state index in [1.165, 1.54) is 36.4 Å². The van der Waals surface area contributed by atoms with E-state index in [-0.39, 0.29) is 36.7 Å². The smallest absolute Gasteiger partial charge is 0.326 e. The molecule has 10 N–H and O–H groups in total. The van der Waals surface area contributed by atoms with Gasteiger partial charge in [-0.1, -0.05) is 38.1 Å². The van der Waals surface area contributed by atoms with Gasteiger partial charge in [-0.3, -0.25) is 19.2 Å². The van der Waals surface area contributed by atoms with E-state index in [2.05, 4.69) is 16.0 Å². The molecular weight excluding hydrogens is 534 g/mol. The summed E-state index contributed by atoms with van der Waals surface area (Å²) < 4.78 is 0. The van der Waals surface area contributed by atoms with Crippen LogP contribution in [0.3, 0.4) is 0 Å². The molecule has 0 spiro atoms. The van der Waals surface area contributed by atoms with Gasteiger partial charge < -0.3 is 42.7 Å². The predicted octanol–water partition coefficient (Wildman–Crippen LogP) is -0.329. The molecule has 0 aliphatic carbocycles. The second-order valence-electron chi connectivity index (χ2n) is 10.2. The molecule has 0 aliphatic heterocycles. The zero-order chi connectivity index (χ0) is 30.7. The molecule has 13 heteroatoms. The van der Waals surface area contributed by atoms with Gasteiger partial charge in [-0.25, -0.2) is 4.79 Å². The number of aliphatic carboxylic acids is 1. The Hall–Kier alpha value is -4.65. The van der Waals surface area contributed by atoms with Crippen LogP contribution in [0.4, 0.5) is 0 Å². The van der Waals surface area contributed by atoms with Crippen molar-refractivity contribution >= 4 is 29.6 Å². The third-order valence-corrected chi connectivity index (χ3v) is 6.10. The minimum atomic E-state index is -1.44. The normalized spacial score (nSPS) is 13.9. The number of hydrogen-bond donors (Lipinski definition) is 8. The summed E-state index contributed by atoms with van der Waals surface area (Å²) in [6.45, 7) is 3.59. The molecule has 0 aliphatic rings. The summed E-state index contributed by atoms with van der Waals surface area (Å²) >= 11 is 0. The Morgan fingerprint density at radius 2 is 1.15 bits per heavy atom. The monoisotopic (exact) mass is 571 g/mol. The third kappa shape index (κ3) is 11.2. The van der Waals surface area contributed by atoms with Crippen LogP contribution < -0.4 is 27.4 Å². The average Bonchev–Trinajstić information content (AvgIpc) is 2.89. The SMILES string of the molecule is CC(C)CC(NC(=O)C(CC(N)=O)NC(=O)C(N)Cc1ccc(O)cc1)C(=O)NC(Cc1ccc(O)cc1)C(=O)O. The maximum Gasteiger partial charge on any atom is 0.326 e. The molecule has 0 bridgehead atoms. The number of phenols is 2. The van der Waals surface area contributed by atoms with E-state index < -0.39 is 60.2 Å². The summed E-state index contributed by atoms with van der Waals surface area (Å²) in [5, 5.41) is 35.9. The lowest BCUT2D eigenvalue weighted by Gasteiger charge is -2.26. The van der Waals surface area contributed by atoms with Crippen molar-refractivity contribution in [3.63, 3.8) is 0 Å². The first kappa shape index (κ1) is 32.6. The van der Waals surface area contributed by atoms with Gasteiger partial charge in [0, 0.05) is 6.42 Å². The molecule has 4 unspecified atom stereocenters. The summed E-state index contributed by atoms with van der Waals surface area (Å²) in [4.78, 5) is 62.6. The fourth-order valence-corrected chi connectivity index (χ4v) is 3.98. The molecule has 13 nitrogen and oxygen atoms in total. The number of carboxylic acid groups (broad SMARTS) is 1. The van der Waals surface area contributed by atoms with Crippen molar-refractivity contribution in [2.75, 3.05) is 0 Å². The van der Waals surface area contributed by atoms with Crippen molar-refractivity contribution in [3.8, 4) is 11.5 Å². The Bertz CT molecular complexity index is 1220. The van der Waals surface area contributed by atoms with Gasteiger partial charge in [0.05, 0.1) is 12.5 Å². The van der Waals surface area contributed by atoms with Crippen LogP contribution in [0.25, 0.3) is 0 Å². The van der Waals surface area contributed by atoms with Crippen molar-refractivity contribution in [3.05, 3.63) is 59.7 Å².